The molecule has 1 rings (SSSR count). The maximum Gasteiger partial charge on any atom is 0.326 e. The molecule has 0 radical (unpaired) electrons. The van der Waals surface area contributed by atoms with Crippen LogP contribution in [0.4, 0.5) is 5.82 Å². The highest BCUT2D eigenvalue weighted by Gasteiger charge is 2.24. The molecule has 0 saturated carbocycles. The van der Waals surface area contributed by atoms with Gasteiger partial charge in [-0.2, -0.15) is 0 Å². The SMILES string of the molecule is CCCN(CC)c1ccc(C(=O)N[C@H](C(=O)O)C(C)C)cn1. The van der Waals surface area contributed by atoms with Crippen LogP contribution in [0.25, 0.3) is 0 Å². The Morgan fingerprint density at radius 3 is 2.41 bits per heavy atom. The van der Waals surface area contributed by atoms with Crippen molar-refractivity contribution in [2.45, 2.75) is 40.2 Å². The van der Waals surface area contributed by atoms with Crippen LogP contribution in [0.1, 0.15) is 44.5 Å². The van der Waals surface area contributed by atoms with Gasteiger partial charge >= 0.3 is 5.97 Å². The molecule has 1 heterocycles. The minimum Gasteiger partial charge on any atom is -0.480 e. The average molecular weight is 307 g/mol. The van der Waals surface area contributed by atoms with Gasteiger partial charge in [0.25, 0.3) is 5.91 Å². The molecule has 0 fully saturated rings. The van der Waals surface area contributed by atoms with Crippen LogP contribution >= 0.6 is 0 Å². The first kappa shape index (κ1) is 17.9. The molecule has 1 atom stereocenters. The van der Waals surface area contributed by atoms with Gasteiger partial charge in [-0.15, -0.1) is 0 Å². The Morgan fingerprint density at radius 2 is 2.00 bits per heavy atom. The molecule has 2 N–H and O–H groups in total. The number of anilines is 1. The van der Waals surface area contributed by atoms with Crippen molar-refractivity contribution < 1.29 is 14.7 Å². The van der Waals surface area contributed by atoms with Crippen LogP contribution in [0.3, 0.4) is 0 Å². The molecule has 0 saturated heterocycles. The van der Waals surface area contributed by atoms with E-state index in [4.69, 9.17) is 5.11 Å². The van der Waals surface area contributed by atoms with Crippen molar-refractivity contribution >= 4 is 17.7 Å². The molecular formula is C16H25N3O3. The number of nitrogens with zero attached hydrogens (tertiary/aromatic N) is 2. The number of carbonyl (C=O) groups excluding carboxylic acids is 1. The van der Waals surface area contributed by atoms with Crippen LogP contribution in [-0.4, -0.2) is 41.1 Å². The van der Waals surface area contributed by atoms with Gasteiger partial charge in [-0.05, 0) is 31.4 Å². The van der Waals surface area contributed by atoms with E-state index in [1.54, 1.807) is 26.0 Å². The Hall–Kier alpha value is -2.11. The van der Waals surface area contributed by atoms with Crippen molar-refractivity contribution in [3.63, 3.8) is 0 Å². The number of carbonyl (C=O) groups is 2. The predicted octanol–water partition coefficient (Wildman–Crippen LogP) is 2.16. The van der Waals surface area contributed by atoms with Crippen LogP contribution in [0.2, 0.25) is 0 Å². The highest BCUT2D eigenvalue weighted by molar-refractivity contribution is 5.96. The summed E-state index contributed by atoms with van der Waals surface area (Å²) in [4.78, 5) is 29.7. The fraction of sp³-hybridized carbons (Fsp3) is 0.562. The molecule has 0 aliphatic carbocycles. The van der Waals surface area contributed by atoms with E-state index in [1.807, 2.05) is 0 Å². The summed E-state index contributed by atoms with van der Waals surface area (Å²) in [6.07, 6.45) is 2.51. The molecule has 0 aliphatic rings. The van der Waals surface area contributed by atoms with E-state index in [0.717, 1.165) is 25.3 Å². The minimum absolute atomic E-state index is 0.186. The standard InChI is InChI=1S/C16H25N3O3/c1-5-9-19(6-2)13-8-7-12(10-17-13)15(20)18-14(11(3)4)16(21)22/h7-8,10-11,14H,5-6,9H2,1-4H3,(H,18,20)(H,21,22)/t14-/m0/s1. The second-order valence-electron chi connectivity index (χ2n) is 5.52. The maximum absolute atomic E-state index is 12.1. The third kappa shape index (κ3) is 4.72. The lowest BCUT2D eigenvalue weighted by Gasteiger charge is -2.21. The number of pyridine rings is 1. The van der Waals surface area contributed by atoms with E-state index in [9.17, 15) is 9.59 Å². The molecule has 1 aromatic heterocycles. The molecule has 1 amide bonds. The maximum atomic E-state index is 12.1. The van der Waals surface area contributed by atoms with E-state index in [1.165, 1.54) is 6.20 Å². The molecule has 0 aliphatic heterocycles. The summed E-state index contributed by atoms with van der Waals surface area (Å²) in [5.74, 6) is -0.819. The lowest BCUT2D eigenvalue weighted by molar-refractivity contribution is -0.140. The average Bonchev–Trinajstić information content (AvgIpc) is 2.49. The largest absolute Gasteiger partial charge is 0.480 e. The number of amides is 1. The summed E-state index contributed by atoms with van der Waals surface area (Å²) < 4.78 is 0. The number of hydrogen-bond donors (Lipinski definition) is 2. The second kappa shape index (κ2) is 8.36. The molecular weight excluding hydrogens is 282 g/mol. The fourth-order valence-corrected chi connectivity index (χ4v) is 2.15. The monoisotopic (exact) mass is 307 g/mol. The van der Waals surface area contributed by atoms with Gasteiger partial charge < -0.3 is 15.3 Å². The van der Waals surface area contributed by atoms with Crippen molar-refractivity contribution in [3.8, 4) is 0 Å². The van der Waals surface area contributed by atoms with E-state index in [2.05, 4.69) is 29.0 Å². The molecule has 0 aromatic carbocycles. The number of nitrogens with one attached hydrogen (secondary N) is 1. The third-order valence-electron chi connectivity index (χ3n) is 3.43. The Balaban J connectivity index is 2.81. The first-order valence-electron chi connectivity index (χ1n) is 7.65. The van der Waals surface area contributed by atoms with E-state index in [0.29, 0.717) is 5.56 Å². The van der Waals surface area contributed by atoms with Gasteiger partial charge in [-0.3, -0.25) is 4.79 Å². The van der Waals surface area contributed by atoms with Crippen LogP contribution in [0.5, 0.6) is 0 Å². The Kier molecular flexibility index (Phi) is 6.82. The lowest BCUT2D eigenvalue weighted by Crippen LogP contribution is -2.44. The Bertz CT molecular complexity index is 500. The molecule has 0 spiro atoms. The smallest absolute Gasteiger partial charge is 0.326 e. The zero-order valence-electron chi connectivity index (χ0n) is 13.7. The van der Waals surface area contributed by atoms with Gasteiger partial charge in [0.05, 0.1) is 5.56 Å². The normalized spacial score (nSPS) is 12.0. The van der Waals surface area contributed by atoms with Crippen molar-refractivity contribution in [2.24, 2.45) is 5.92 Å². The summed E-state index contributed by atoms with van der Waals surface area (Å²) in [5, 5.41) is 11.6. The summed E-state index contributed by atoms with van der Waals surface area (Å²) in [6.45, 7) is 9.42. The van der Waals surface area contributed by atoms with Crippen molar-refractivity contribution in [1.82, 2.24) is 10.3 Å². The number of aromatic nitrogens is 1. The lowest BCUT2D eigenvalue weighted by atomic mass is 10.0. The molecule has 1 aromatic rings. The molecule has 22 heavy (non-hydrogen) atoms. The second-order valence-corrected chi connectivity index (χ2v) is 5.52. The van der Waals surface area contributed by atoms with Crippen LogP contribution in [0.15, 0.2) is 18.3 Å². The number of aliphatic carboxylic acids is 1. The van der Waals surface area contributed by atoms with Gasteiger partial charge in [0.1, 0.15) is 11.9 Å². The zero-order valence-corrected chi connectivity index (χ0v) is 13.7. The zero-order chi connectivity index (χ0) is 16.7. The molecule has 6 heteroatoms. The molecule has 6 nitrogen and oxygen atoms in total. The quantitative estimate of drug-likeness (QED) is 0.769. The number of carboxylic acid groups (broad SMARTS) is 1. The van der Waals surface area contributed by atoms with Gasteiger partial charge in [0.15, 0.2) is 0 Å². The summed E-state index contributed by atoms with van der Waals surface area (Å²) in [6, 6.07) is 2.56. The number of carboxylic acids is 1. The van der Waals surface area contributed by atoms with Gasteiger partial charge in [-0.25, -0.2) is 9.78 Å². The van der Waals surface area contributed by atoms with E-state index in [-0.39, 0.29) is 5.92 Å². The van der Waals surface area contributed by atoms with E-state index < -0.39 is 17.9 Å². The van der Waals surface area contributed by atoms with Crippen LogP contribution in [0, 0.1) is 5.92 Å². The predicted molar refractivity (Wildman–Crippen MR) is 86.1 cm³/mol. The van der Waals surface area contributed by atoms with Crippen molar-refractivity contribution in [3.05, 3.63) is 23.9 Å². The van der Waals surface area contributed by atoms with Gasteiger partial charge in [0.2, 0.25) is 0 Å². The third-order valence-corrected chi connectivity index (χ3v) is 3.43. The minimum atomic E-state index is -1.03. The topological polar surface area (TPSA) is 82.5 Å². The summed E-state index contributed by atoms with van der Waals surface area (Å²) in [5.41, 5.74) is 0.364. The molecule has 0 unspecified atom stereocenters. The van der Waals surface area contributed by atoms with Crippen LogP contribution < -0.4 is 10.2 Å². The number of rotatable bonds is 8. The Morgan fingerprint density at radius 1 is 1.32 bits per heavy atom. The van der Waals surface area contributed by atoms with Crippen molar-refractivity contribution in [2.75, 3.05) is 18.0 Å². The summed E-state index contributed by atoms with van der Waals surface area (Å²) >= 11 is 0. The van der Waals surface area contributed by atoms with E-state index >= 15 is 0 Å². The first-order chi connectivity index (χ1) is 10.4. The summed E-state index contributed by atoms with van der Waals surface area (Å²) in [7, 11) is 0. The fourth-order valence-electron chi connectivity index (χ4n) is 2.15. The highest BCUT2D eigenvalue weighted by atomic mass is 16.4. The number of hydrogen-bond acceptors (Lipinski definition) is 4. The molecule has 0 bridgehead atoms. The van der Waals surface area contributed by atoms with Crippen LogP contribution in [-0.2, 0) is 4.79 Å². The first-order valence-corrected chi connectivity index (χ1v) is 7.65. The highest BCUT2D eigenvalue weighted by Crippen LogP contribution is 2.12. The Labute approximate surface area is 131 Å². The van der Waals surface area contributed by atoms with Gasteiger partial charge in [-0.1, -0.05) is 20.8 Å². The van der Waals surface area contributed by atoms with Crippen molar-refractivity contribution in [1.29, 1.82) is 0 Å². The molecule has 122 valence electrons. The van der Waals surface area contributed by atoms with Gasteiger partial charge in [0, 0.05) is 19.3 Å².